The van der Waals surface area contributed by atoms with Crippen molar-refractivity contribution in [2.75, 3.05) is 14.1 Å². The second-order valence-electron chi connectivity index (χ2n) is 3.74. The number of likely N-dealkylation sites (N-methyl/N-ethyl adjacent to an activating group) is 1. The van der Waals surface area contributed by atoms with E-state index in [1.807, 2.05) is 6.08 Å². The molecule has 0 rings (SSSR count). The first-order valence-electron chi connectivity index (χ1n) is 5.14. The summed E-state index contributed by atoms with van der Waals surface area (Å²) in [6.07, 6.45) is 9.85. The van der Waals surface area contributed by atoms with Crippen LogP contribution in [0.2, 0.25) is 0 Å². The molecule has 0 radical (unpaired) electrons. The highest BCUT2D eigenvalue weighted by Gasteiger charge is 1.95. The Bertz CT molecular complexity index is 216. The molecule has 0 aliphatic carbocycles. The maximum atomic E-state index is 11.1. The third-order valence-corrected chi connectivity index (χ3v) is 1.97. The summed E-state index contributed by atoms with van der Waals surface area (Å²) in [5.74, 6) is 0.622. The summed E-state index contributed by atoms with van der Waals surface area (Å²) >= 11 is 0. The number of allylic oxidation sites excluding steroid dienone is 3. The lowest BCUT2D eigenvalue weighted by molar-refractivity contribution is -0.123. The van der Waals surface area contributed by atoms with E-state index in [1.54, 1.807) is 31.1 Å². The topological polar surface area (TPSA) is 20.3 Å². The van der Waals surface area contributed by atoms with Gasteiger partial charge in [-0.05, 0) is 12.3 Å². The van der Waals surface area contributed by atoms with Crippen molar-refractivity contribution in [2.24, 2.45) is 5.92 Å². The Balaban J connectivity index is 3.86. The van der Waals surface area contributed by atoms with Gasteiger partial charge in [-0.3, -0.25) is 4.79 Å². The van der Waals surface area contributed by atoms with Gasteiger partial charge in [0.05, 0.1) is 0 Å². The predicted molar refractivity (Wildman–Crippen MR) is 61.0 cm³/mol. The van der Waals surface area contributed by atoms with Crippen LogP contribution < -0.4 is 0 Å². The fourth-order valence-corrected chi connectivity index (χ4v) is 1.09. The van der Waals surface area contributed by atoms with Crippen LogP contribution in [0.5, 0.6) is 0 Å². The van der Waals surface area contributed by atoms with Gasteiger partial charge in [0.25, 0.3) is 0 Å². The second kappa shape index (κ2) is 7.36. The van der Waals surface area contributed by atoms with Crippen molar-refractivity contribution in [1.82, 2.24) is 4.90 Å². The van der Waals surface area contributed by atoms with Crippen molar-refractivity contribution in [1.29, 1.82) is 0 Å². The highest BCUT2D eigenvalue weighted by Crippen LogP contribution is 2.05. The molecule has 14 heavy (non-hydrogen) atoms. The van der Waals surface area contributed by atoms with Gasteiger partial charge in [-0.2, -0.15) is 0 Å². The molecule has 0 aliphatic rings. The van der Waals surface area contributed by atoms with Crippen molar-refractivity contribution in [3.8, 4) is 0 Å². The normalized spacial score (nSPS) is 13.7. The molecule has 0 aliphatic heterocycles. The molecule has 0 N–H and O–H groups in total. The zero-order valence-corrected chi connectivity index (χ0v) is 9.66. The molecule has 0 aromatic rings. The first-order valence-corrected chi connectivity index (χ1v) is 5.14. The molecule has 0 fully saturated rings. The van der Waals surface area contributed by atoms with E-state index in [0.29, 0.717) is 5.92 Å². The third kappa shape index (κ3) is 6.46. The molecule has 0 saturated heterocycles. The Hall–Kier alpha value is -1.05. The first-order chi connectivity index (χ1) is 6.57. The molecule has 1 atom stereocenters. The van der Waals surface area contributed by atoms with Crippen LogP contribution >= 0.6 is 0 Å². The van der Waals surface area contributed by atoms with Crippen LogP contribution in [0.25, 0.3) is 0 Å². The number of rotatable bonds is 5. The number of hydrogen-bond acceptors (Lipinski definition) is 1. The lowest BCUT2D eigenvalue weighted by Gasteiger charge is -2.04. The molecule has 0 aromatic heterocycles. The van der Waals surface area contributed by atoms with Gasteiger partial charge in [0, 0.05) is 20.2 Å². The smallest absolute Gasteiger partial charge is 0.246 e. The Morgan fingerprint density at radius 3 is 2.50 bits per heavy atom. The molecule has 2 nitrogen and oxygen atoms in total. The highest BCUT2D eigenvalue weighted by atomic mass is 16.2. The Morgan fingerprint density at radius 2 is 2.00 bits per heavy atom. The molecule has 0 bridgehead atoms. The maximum absolute atomic E-state index is 11.1. The minimum absolute atomic E-state index is 0.0257. The first kappa shape index (κ1) is 12.9. The summed E-state index contributed by atoms with van der Waals surface area (Å²) in [7, 11) is 3.49. The van der Waals surface area contributed by atoms with E-state index in [0.717, 1.165) is 0 Å². The van der Waals surface area contributed by atoms with Crippen LogP contribution in [-0.4, -0.2) is 24.9 Å². The van der Waals surface area contributed by atoms with E-state index in [4.69, 9.17) is 0 Å². The van der Waals surface area contributed by atoms with Crippen LogP contribution in [0.3, 0.4) is 0 Å². The number of amides is 1. The summed E-state index contributed by atoms with van der Waals surface area (Å²) in [5, 5.41) is 0. The van der Waals surface area contributed by atoms with Crippen LogP contribution in [-0.2, 0) is 4.79 Å². The fraction of sp³-hybridized carbons (Fsp3) is 0.583. The molecular weight excluding hydrogens is 174 g/mol. The lowest BCUT2D eigenvalue weighted by Crippen LogP contribution is -2.18. The van der Waals surface area contributed by atoms with Gasteiger partial charge in [0.2, 0.25) is 5.91 Å². The van der Waals surface area contributed by atoms with Gasteiger partial charge >= 0.3 is 0 Å². The van der Waals surface area contributed by atoms with Crippen LogP contribution in [0.1, 0.15) is 26.7 Å². The van der Waals surface area contributed by atoms with E-state index in [9.17, 15) is 4.79 Å². The van der Waals surface area contributed by atoms with Gasteiger partial charge in [0.15, 0.2) is 0 Å². The summed E-state index contributed by atoms with van der Waals surface area (Å²) in [4.78, 5) is 12.7. The Kier molecular flexibility index (Phi) is 6.81. The Labute approximate surface area is 87.3 Å². The molecule has 0 aromatic carbocycles. The summed E-state index contributed by atoms with van der Waals surface area (Å²) < 4.78 is 0. The van der Waals surface area contributed by atoms with Crippen LogP contribution in [0.4, 0.5) is 0 Å². The monoisotopic (exact) mass is 195 g/mol. The molecular formula is C12H21NO. The SMILES string of the molecule is CCC[C@@H](C)/C=C/C=C/C(=O)N(C)C. The maximum Gasteiger partial charge on any atom is 0.246 e. The average molecular weight is 195 g/mol. The molecule has 2 heteroatoms. The zero-order valence-electron chi connectivity index (χ0n) is 9.66. The van der Waals surface area contributed by atoms with Crippen LogP contribution in [0.15, 0.2) is 24.3 Å². The minimum Gasteiger partial charge on any atom is -0.345 e. The number of carbonyl (C=O) groups excluding carboxylic acids is 1. The van der Waals surface area contributed by atoms with Crippen molar-refractivity contribution in [2.45, 2.75) is 26.7 Å². The molecule has 80 valence electrons. The molecule has 0 heterocycles. The Morgan fingerprint density at radius 1 is 1.36 bits per heavy atom. The summed E-state index contributed by atoms with van der Waals surface area (Å²) in [6, 6.07) is 0. The van der Waals surface area contributed by atoms with E-state index in [2.05, 4.69) is 19.9 Å². The predicted octanol–water partition coefficient (Wildman–Crippen LogP) is 2.62. The number of hydrogen-bond donors (Lipinski definition) is 0. The van der Waals surface area contributed by atoms with Gasteiger partial charge in [-0.1, -0.05) is 38.5 Å². The molecule has 0 saturated carbocycles. The van der Waals surface area contributed by atoms with Gasteiger partial charge in [-0.15, -0.1) is 0 Å². The van der Waals surface area contributed by atoms with E-state index < -0.39 is 0 Å². The highest BCUT2D eigenvalue weighted by molar-refractivity contribution is 5.87. The minimum atomic E-state index is 0.0257. The fourth-order valence-electron chi connectivity index (χ4n) is 1.09. The molecule has 1 amide bonds. The number of nitrogens with zero attached hydrogens (tertiary/aromatic N) is 1. The summed E-state index contributed by atoms with van der Waals surface area (Å²) in [5.41, 5.74) is 0. The van der Waals surface area contributed by atoms with Gasteiger partial charge in [-0.25, -0.2) is 0 Å². The number of carbonyl (C=O) groups is 1. The van der Waals surface area contributed by atoms with E-state index in [1.165, 1.54) is 12.8 Å². The van der Waals surface area contributed by atoms with Crippen LogP contribution in [0, 0.1) is 5.92 Å². The largest absolute Gasteiger partial charge is 0.345 e. The van der Waals surface area contributed by atoms with Gasteiger partial charge < -0.3 is 4.90 Å². The van der Waals surface area contributed by atoms with Crippen molar-refractivity contribution in [3.05, 3.63) is 24.3 Å². The standard InChI is InChI=1S/C12H21NO/c1-5-8-11(2)9-6-7-10-12(14)13(3)4/h6-7,9-11H,5,8H2,1-4H3/b9-6+,10-7+/t11-/m1/s1. The van der Waals surface area contributed by atoms with Crippen molar-refractivity contribution in [3.63, 3.8) is 0 Å². The average Bonchev–Trinajstić information content (AvgIpc) is 2.12. The van der Waals surface area contributed by atoms with Crippen molar-refractivity contribution >= 4 is 5.91 Å². The second-order valence-corrected chi connectivity index (χ2v) is 3.74. The van der Waals surface area contributed by atoms with Crippen molar-refractivity contribution < 1.29 is 4.79 Å². The lowest BCUT2D eigenvalue weighted by atomic mass is 10.1. The summed E-state index contributed by atoms with van der Waals surface area (Å²) in [6.45, 7) is 4.36. The van der Waals surface area contributed by atoms with E-state index >= 15 is 0 Å². The molecule has 0 unspecified atom stereocenters. The van der Waals surface area contributed by atoms with E-state index in [-0.39, 0.29) is 5.91 Å². The zero-order chi connectivity index (χ0) is 11.0. The molecule has 0 spiro atoms. The quantitative estimate of drug-likeness (QED) is 0.488. The van der Waals surface area contributed by atoms with Gasteiger partial charge in [0.1, 0.15) is 0 Å². The third-order valence-electron chi connectivity index (χ3n) is 1.97.